The summed E-state index contributed by atoms with van der Waals surface area (Å²) in [5, 5.41) is 9.75. The molecule has 2 heterocycles. The number of primary amides is 1. The van der Waals surface area contributed by atoms with Crippen molar-refractivity contribution in [1.82, 2.24) is 19.9 Å². The number of nitrogens with one attached hydrogen (secondary N) is 4. The fraction of sp³-hybridized carbons (Fsp3) is 0.167. The number of rotatable bonds is 8. The average Bonchev–Trinajstić information content (AvgIpc) is 3.24. The molecule has 0 aromatic heterocycles. The first kappa shape index (κ1) is 24.0. The van der Waals surface area contributed by atoms with Crippen LogP contribution in [0.4, 0.5) is 28.8 Å². The summed E-state index contributed by atoms with van der Waals surface area (Å²) in [6.07, 6.45) is 1.65. The molecule has 0 saturated carbocycles. The largest absolute Gasteiger partial charge is 0.366 e. The molecule has 2 amide bonds. The Labute approximate surface area is 207 Å². The molecule has 0 unspecified atom stereocenters. The van der Waals surface area contributed by atoms with Gasteiger partial charge in [-0.3, -0.25) is 9.59 Å². The highest BCUT2D eigenvalue weighted by Crippen LogP contribution is 2.33. The van der Waals surface area contributed by atoms with Crippen molar-refractivity contribution in [3.05, 3.63) is 64.8 Å². The highest BCUT2D eigenvalue weighted by molar-refractivity contribution is 6.31. The summed E-state index contributed by atoms with van der Waals surface area (Å²) < 4.78 is 0. The monoisotopic (exact) mass is 492 g/mol. The van der Waals surface area contributed by atoms with E-state index in [0.29, 0.717) is 39.6 Å². The molecule has 0 aliphatic carbocycles. The molecule has 4 rings (SSSR count). The average molecular weight is 493 g/mol. The number of likely N-dealkylation sites (N-methyl/N-ethyl adjacent to an activating group) is 1. The van der Waals surface area contributed by atoms with Crippen molar-refractivity contribution in [1.29, 1.82) is 0 Å². The first-order valence-corrected chi connectivity index (χ1v) is 11.1. The maximum absolute atomic E-state index is 12.2. The molecule has 2 aliphatic rings. The zero-order valence-corrected chi connectivity index (χ0v) is 20.2. The van der Waals surface area contributed by atoms with E-state index in [-0.39, 0.29) is 18.0 Å². The van der Waals surface area contributed by atoms with Crippen molar-refractivity contribution in [2.24, 2.45) is 5.73 Å². The van der Waals surface area contributed by atoms with E-state index < -0.39 is 5.91 Å². The van der Waals surface area contributed by atoms with Crippen LogP contribution >= 0.6 is 11.6 Å². The van der Waals surface area contributed by atoms with Crippen LogP contribution in [0.3, 0.4) is 0 Å². The molecular weight excluding hydrogens is 468 g/mol. The summed E-state index contributed by atoms with van der Waals surface area (Å²) >= 11 is 6.14. The van der Waals surface area contributed by atoms with Crippen LogP contribution in [-0.4, -0.2) is 52.3 Å². The number of nitrogens with two attached hydrogens (primary N) is 1. The summed E-state index contributed by atoms with van der Waals surface area (Å²) in [6, 6.07) is 12.1. The summed E-state index contributed by atoms with van der Waals surface area (Å²) in [7, 11) is 3.66. The number of hydrogen-bond acceptors (Lipinski definition) is 7. The van der Waals surface area contributed by atoms with Crippen LogP contribution < -0.4 is 21.7 Å². The van der Waals surface area contributed by atoms with E-state index in [1.165, 1.54) is 0 Å². The van der Waals surface area contributed by atoms with E-state index in [2.05, 4.69) is 30.9 Å². The molecule has 0 bridgehead atoms. The summed E-state index contributed by atoms with van der Waals surface area (Å²) in [5.74, 6) is 0.736. The van der Waals surface area contributed by atoms with E-state index in [1.54, 1.807) is 35.4 Å². The molecule has 10 nitrogen and oxygen atoms in total. The number of aromatic amines is 1. The lowest BCUT2D eigenvalue weighted by molar-refractivity contribution is -0.116. The van der Waals surface area contributed by atoms with Crippen LogP contribution in [0.5, 0.6) is 0 Å². The standard InChI is InChI=1S/C24H25ClN8O2/c1-13-4-6-15(28-20(34)12-33(2)3)11-18(13)30-24-31-22-17(8-9-27-22)23(32-24)29-19-10-14(25)5-7-16(19)21(26)35/h4-11H,12H2,1-3H3,(H2,26,35)(H,28,34)(H3,27,29,30,31,32). The van der Waals surface area contributed by atoms with Crippen molar-refractivity contribution >= 4 is 52.2 Å². The lowest BCUT2D eigenvalue weighted by Gasteiger charge is -2.17. The van der Waals surface area contributed by atoms with Crippen molar-refractivity contribution in [2.45, 2.75) is 6.92 Å². The Morgan fingerprint density at radius 2 is 1.89 bits per heavy atom. The summed E-state index contributed by atoms with van der Waals surface area (Å²) in [4.78, 5) is 38.0. The second-order valence-electron chi connectivity index (χ2n) is 8.26. The lowest BCUT2D eigenvalue weighted by Crippen LogP contribution is -2.27. The fourth-order valence-corrected chi connectivity index (χ4v) is 3.68. The molecule has 180 valence electrons. The van der Waals surface area contributed by atoms with Gasteiger partial charge in [-0.2, -0.15) is 4.98 Å². The second kappa shape index (κ2) is 10.00. The molecule has 6 N–H and O–H groups in total. The summed E-state index contributed by atoms with van der Waals surface area (Å²) in [5.41, 5.74) is 9.30. The Balaban J connectivity index is 1.66. The minimum absolute atomic E-state index is 0.116. The Hall–Kier alpha value is -4.15. The van der Waals surface area contributed by atoms with Crippen LogP contribution in [0.25, 0.3) is 11.4 Å². The molecular formula is C24H25ClN8O2. The van der Waals surface area contributed by atoms with Gasteiger partial charge in [0.25, 0.3) is 5.91 Å². The molecule has 0 radical (unpaired) electrons. The maximum Gasteiger partial charge on any atom is 0.250 e. The van der Waals surface area contributed by atoms with Gasteiger partial charge in [0.05, 0.1) is 23.4 Å². The Morgan fingerprint density at radius 1 is 1.09 bits per heavy atom. The van der Waals surface area contributed by atoms with Gasteiger partial charge in [-0.1, -0.05) is 17.7 Å². The number of amides is 2. The smallest absolute Gasteiger partial charge is 0.250 e. The molecule has 0 fully saturated rings. The molecule has 35 heavy (non-hydrogen) atoms. The Morgan fingerprint density at radius 3 is 2.63 bits per heavy atom. The van der Waals surface area contributed by atoms with Crippen LogP contribution in [0.2, 0.25) is 5.02 Å². The quantitative estimate of drug-likeness (QED) is 0.250. The number of aromatic nitrogens is 3. The highest BCUT2D eigenvalue weighted by atomic mass is 35.5. The molecule has 0 spiro atoms. The van der Waals surface area contributed by atoms with Gasteiger partial charge >= 0.3 is 0 Å². The third-order valence-corrected chi connectivity index (χ3v) is 5.38. The van der Waals surface area contributed by atoms with Gasteiger partial charge in [0, 0.05) is 22.6 Å². The molecule has 0 saturated heterocycles. The Kier molecular flexibility index (Phi) is 6.85. The molecule has 11 heteroatoms. The third kappa shape index (κ3) is 5.68. The van der Waals surface area contributed by atoms with Gasteiger partial charge in [-0.15, -0.1) is 0 Å². The van der Waals surface area contributed by atoms with Gasteiger partial charge in [-0.05, 0) is 63.0 Å². The van der Waals surface area contributed by atoms with Crippen molar-refractivity contribution in [3.8, 4) is 11.4 Å². The minimum Gasteiger partial charge on any atom is -0.366 e. The van der Waals surface area contributed by atoms with Crippen LogP contribution in [-0.2, 0) is 4.79 Å². The number of nitrogens with zero attached hydrogens (tertiary/aromatic N) is 3. The number of aryl methyl sites for hydroxylation is 1. The maximum atomic E-state index is 12.2. The topological polar surface area (TPSA) is 141 Å². The van der Waals surface area contributed by atoms with Gasteiger partial charge in [0.15, 0.2) is 0 Å². The SMILES string of the molecule is Cc1ccc(NC(=O)CN(C)C)cc1Nc1nc(Nc2cc(Cl)ccc2C(N)=O)c2ccnc-2[nH]1. The molecule has 2 aromatic rings. The lowest BCUT2D eigenvalue weighted by atomic mass is 10.1. The second-order valence-corrected chi connectivity index (χ2v) is 8.70. The zero-order chi connectivity index (χ0) is 25.1. The number of halogens is 1. The van der Waals surface area contributed by atoms with Gasteiger partial charge in [0.1, 0.15) is 11.6 Å². The van der Waals surface area contributed by atoms with Gasteiger partial charge in [0.2, 0.25) is 11.9 Å². The van der Waals surface area contributed by atoms with Gasteiger partial charge in [-0.25, -0.2) is 4.98 Å². The van der Waals surface area contributed by atoms with E-state index in [9.17, 15) is 9.59 Å². The van der Waals surface area contributed by atoms with Crippen LogP contribution in [0.1, 0.15) is 15.9 Å². The van der Waals surface area contributed by atoms with E-state index in [4.69, 9.17) is 17.3 Å². The normalized spacial score (nSPS) is 11.0. The van der Waals surface area contributed by atoms with E-state index in [1.807, 2.05) is 39.2 Å². The molecule has 2 aromatic carbocycles. The minimum atomic E-state index is -0.592. The predicted molar refractivity (Wildman–Crippen MR) is 138 cm³/mol. The Bertz CT molecular complexity index is 1370. The zero-order valence-electron chi connectivity index (χ0n) is 19.4. The van der Waals surface area contributed by atoms with Crippen molar-refractivity contribution in [3.63, 3.8) is 0 Å². The van der Waals surface area contributed by atoms with E-state index in [0.717, 1.165) is 11.3 Å². The predicted octanol–water partition coefficient (Wildman–Crippen LogP) is 3.96. The number of fused-ring (bicyclic) bond motifs is 1. The number of hydrogen-bond donors (Lipinski definition) is 5. The highest BCUT2D eigenvalue weighted by Gasteiger charge is 2.18. The van der Waals surface area contributed by atoms with Crippen LogP contribution in [0, 0.1) is 6.92 Å². The van der Waals surface area contributed by atoms with Crippen molar-refractivity contribution in [2.75, 3.05) is 36.6 Å². The number of carbonyl (C=O) groups excluding carboxylic acids is 2. The van der Waals surface area contributed by atoms with E-state index >= 15 is 0 Å². The van der Waals surface area contributed by atoms with Crippen LogP contribution in [0.15, 0.2) is 48.7 Å². The summed E-state index contributed by atoms with van der Waals surface area (Å²) in [6.45, 7) is 2.22. The number of anilines is 5. The molecule has 2 aliphatic heterocycles. The molecule has 0 atom stereocenters. The number of benzene rings is 2. The fourth-order valence-electron chi connectivity index (χ4n) is 3.50. The first-order chi connectivity index (χ1) is 16.7. The first-order valence-electron chi connectivity index (χ1n) is 10.7. The number of carbonyl (C=O) groups is 2. The number of H-pyrrole nitrogens is 1. The third-order valence-electron chi connectivity index (χ3n) is 5.15. The van der Waals surface area contributed by atoms with Gasteiger partial charge < -0.3 is 31.6 Å². The van der Waals surface area contributed by atoms with Crippen molar-refractivity contribution < 1.29 is 9.59 Å².